The summed E-state index contributed by atoms with van der Waals surface area (Å²) in [4.78, 5) is 28.4. The molecule has 0 saturated heterocycles. The number of halogens is 1. The van der Waals surface area contributed by atoms with Crippen molar-refractivity contribution >= 4 is 23.4 Å². The molecular weight excluding hydrogens is 328 g/mol. The lowest BCUT2D eigenvalue weighted by molar-refractivity contribution is -0.884. The van der Waals surface area contributed by atoms with Gasteiger partial charge in [0.05, 0.1) is 25.4 Å². The molecule has 1 heterocycles. The first kappa shape index (κ1) is 18.2. The fourth-order valence-corrected chi connectivity index (χ4v) is 3.03. The largest absolute Gasteiger partial charge is 0.465 e. The Kier molecular flexibility index (Phi) is 5.80. The Morgan fingerprint density at radius 2 is 1.92 bits per heavy atom. The van der Waals surface area contributed by atoms with Gasteiger partial charge in [0.1, 0.15) is 13.1 Å². The van der Waals surface area contributed by atoms with Gasteiger partial charge >= 0.3 is 5.97 Å². The number of H-pyrrole nitrogens is 1. The number of carbonyl (C=O) groups excluding carboxylic acids is 2. The monoisotopic (exact) mass is 349 g/mol. The predicted molar refractivity (Wildman–Crippen MR) is 92.8 cm³/mol. The van der Waals surface area contributed by atoms with Crippen LogP contribution in [0.2, 0.25) is 5.02 Å². The topological polar surface area (TPSA) is 63.6 Å². The summed E-state index contributed by atoms with van der Waals surface area (Å²) in [6.07, 6.45) is 0. The summed E-state index contributed by atoms with van der Waals surface area (Å²) in [7, 11) is 3.27. The Labute approximate surface area is 146 Å². The van der Waals surface area contributed by atoms with E-state index in [-0.39, 0.29) is 5.78 Å². The van der Waals surface area contributed by atoms with Gasteiger partial charge in [-0.05, 0) is 25.5 Å². The van der Waals surface area contributed by atoms with E-state index in [0.29, 0.717) is 40.6 Å². The van der Waals surface area contributed by atoms with Crippen LogP contribution in [-0.4, -0.2) is 37.4 Å². The van der Waals surface area contributed by atoms with Crippen LogP contribution in [0.4, 0.5) is 0 Å². The van der Waals surface area contributed by atoms with Crippen molar-refractivity contribution < 1.29 is 19.2 Å². The number of methoxy groups -OCH3 is 1. The van der Waals surface area contributed by atoms with Gasteiger partial charge in [-0.15, -0.1) is 0 Å². The van der Waals surface area contributed by atoms with Gasteiger partial charge in [-0.25, -0.2) is 4.79 Å². The first-order valence-electron chi connectivity index (χ1n) is 7.70. The molecule has 2 N–H and O–H groups in total. The van der Waals surface area contributed by atoms with Crippen LogP contribution in [0.1, 0.15) is 37.7 Å². The second-order valence-corrected chi connectivity index (χ2v) is 6.35. The third kappa shape index (κ3) is 3.86. The van der Waals surface area contributed by atoms with Crippen molar-refractivity contribution in [2.24, 2.45) is 0 Å². The molecule has 2 rings (SSSR count). The van der Waals surface area contributed by atoms with Crippen molar-refractivity contribution in [3.8, 4) is 0 Å². The van der Waals surface area contributed by atoms with Crippen LogP contribution in [0.25, 0.3) is 0 Å². The number of esters is 1. The Balaban J connectivity index is 2.13. The third-order valence-corrected chi connectivity index (χ3v) is 4.39. The second-order valence-electron chi connectivity index (χ2n) is 5.94. The number of rotatable bonds is 6. The number of benzene rings is 1. The molecule has 0 fully saturated rings. The minimum absolute atomic E-state index is 0.0460. The minimum atomic E-state index is -0.433. The van der Waals surface area contributed by atoms with E-state index >= 15 is 0 Å². The summed E-state index contributed by atoms with van der Waals surface area (Å²) in [5, 5.41) is 0.698. The standard InChI is InChI=1S/C18H21ClN2O3/c1-11-16(18(23)24-4)12(2)20-17(11)15(22)10-21(3)9-13-7-5-6-8-14(13)19/h5-8,20H,9-10H2,1-4H3/p+1. The van der Waals surface area contributed by atoms with Gasteiger partial charge in [0, 0.05) is 16.3 Å². The molecule has 1 aromatic heterocycles. The number of aryl methyl sites for hydroxylation is 1. The zero-order valence-electron chi connectivity index (χ0n) is 14.3. The number of carbonyl (C=O) groups is 2. The fraction of sp³-hybridized carbons (Fsp3) is 0.333. The summed E-state index contributed by atoms with van der Waals surface area (Å²) < 4.78 is 4.77. The average molecular weight is 350 g/mol. The number of likely N-dealkylation sites (N-methyl/N-ethyl adjacent to an activating group) is 1. The maximum absolute atomic E-state index is 12.6. The van der Waals surface area contributed by atoms with Crippen molar-refractivity contribution in [3.05, 3.63) is 57.4 Å². The van der Waals surface area contributed by atoms with E-state index in [0.717, 1.165) is 10.5 Å². The lowest BCUT2D eigenvalue weighted by atomic mass is 10.1. The predicted octanol–water partition coefficient (Wildman–Crippen LogP) is 1.97. The lowest BCUT2D eigenvalue weighted by Crippen LogP contribution is -3.08. The molecule has 2 aromatic rings. The van der Waals surface area contributed by atoms with E-state index in [1.165, 1.54) is 7.11 Å². The van der Waals surface area contributed by atoms with Gasteiger partial charge < -0.3 is 14.6 Å². The molecule has 1 atom stereocenters. The van der Waals surface area contributed by atoms with Gasteiger partial charge in [0.25, 0.3) is 0 Å². The summed E-state index contributed by atoms with van der Waals surface area (Å²) in [5.74, 6) is -0.479. The molecule has 0 saturated carbocycles. The van der Waals surface area contributed by atoms with Crippen LogP contribution in [-0.2, 0) is 11.3 Å². The van der Waals surface area contributed by atoms with Crippen LogP contribution >= 0.6 is 11.6 Å². The number of aromatic amines is 1. The second kappa shape index (κ2) is 7.64. The van der Waals surface area contributed by atoms with Crippen LogP contribution in [0.3, 0.4) is 0 Å². The fourth-order valence-electron chi connectivity index (χ4n) is 2.83. The SMILES string of the molecule is COC(=O)c1c(C)[nH]c(C(=O)C[NH+](C)Cc2ccccc2Cl)c1C. The average Bonchev–Trinajstić information content (AvgIpc) is 2.83. The lowest BCUT2D eigenvalue weighted by Gasteiger charge is -2.14. The number of quaternary nitrogens is 1. The normalized spacial score (nSPS) is 12.0. The highest BCUT2D eigenvalue weighted by Crippen LogP contribution is 2.19. The van der Waals surface area contributed by atoms with Gasteiger partial charge in [-0.2, -0.15) is 0 Å². The van der Waals surface area contributed by atoms with Crippen LogP contribution < -0.4 is 4.90 Å². The molecule has 1 aromatic carbocycles. The van der Waals surface area contributed by atoms with E-state index in [1.54, 1.807) is 13.8 Å². The van der Waals surface area contributed by atoms with E-state index in [4.69, 9.17) is 16.3 Å². The number of hydrogen-bond acceptors (Lipinski definition) is 3. The Bertz CT molecular complexity index is 768. The Hall–Kier alpha value is -2.11. The van der Waals surface area contributed by atoms with Crippen molar-refractivity contribution in [2.45, 2.75) is 20.4 Å². The van der Waals surface area contributed by atoms with Crippen molar-refractivity contribution in [1.82, 2.24) is 4.98 Å². The molecule has 0 bridgehead atoms. The summed E-state index contributed by atoms with van der Waals surface area (Å²) in [6.45, 7) is 4.46. The maximum atomic E-state index is 12.6. The van der Waals surface area contributed by atoms with E-state index in [1.807, 2.05) is 31.3 Å². The van der Waals surface area contributed by atoms with E-state index < -0.39 is 5.97 Å². The molecule has 0 amide bonds. The molecule has 128 valence electrons. The minimum Gasteiger partial charge on any atom is -0.465 e. The summed E-state index contributed by atoms with van der Waals surface area (Å²) >= 11 is 6.17. The Morgan fingerprint density at radius 1 is 1.25 bits per heavy atom. The highest BCUT2D eigenvalue weighted by molar-refractivity contribution is 6.31. The molecule has 0 aliphatic heterocycles. The first-order valence-corrected chi connectivity index (χ1v) is 8.08. The van der Waals surface area contributed by atoms with Crippen LogP contribution in [0.15, 0.2) is 24.3 Å². The van der Waals surface area contributed by atoms with Crippen molar-refractivity contribution in [3.63, 3.8) is 0 Å². The van der Waals surface area contributed by atoms with Crippen LogP contribution in [0.5, 0.6) is 0 Å². The third-order valence-electron chi connectivity index (χ3n) is 4.02. The number of ether oxygens (including phenoxy) is 1. The molecule has 6 heteroatoms. The molecule has 5 nitrogen and oxygen atoms in total. The molecule has 24 heavy (non-hydrogen) atoms. The zero-order chi connectivity index (χ0) is 17.9. The molecule has 0 aliphatic rings. The maximum Gasteiger partial charge on any atom is 0.339 e. The summed E-state index contributed by atoms with van der Waals surface area (Å²) in [6, 6.07) is 7.60. The van der Waals surface area contributed by atoms with Gasteiger partial charge in [-0.1, -0.05) is 29.8 Å². The summed E-state index contributed by atoms with van der Waals surface area (Å²) in [5.41, 5.74) is 3.18. The smallest absolute Gasteiger partial charge is 0.339 e. The quantitative estimate of drug-likeness (QED) is 0.619. The number of hydrogen-bond donors (Lipinski definition) is 2. The molecule has 0 aliphatic carbocycles. The number of Topliss-reactive ketones (excluding diaryl/α,β-unsaturated/α-hetero) is 1. The molecule has 0 spiro atoms. The highest BCUT2D eigenvalue weighted by atomic mass is 35.5. The van der Waals surface area contributed by atoms with E-state index in [9.17, 15) is 9.59 Å². The molecule has 0 radical (unpaired) electrons. The van der Waals surface area contributed by atoms with Gasteiger partial charge in [0.15, 0.2) is 0 Å². The highest BCUT2D eigenvalue weighted by Gasteiger charge is 2.24. The number of aromatic nitrogens is 1. The zero-order valence-corrected chi connectivity index (χ0v) is 15.1. The molecular formula is C18H22ClN2O3+. The van der Waals surface area contributed by atoms with Gasteiger partial charge in [-0.3, -0.25) is 4.79 Å². The van der Waals surface area contributed by atoms with Crippen molar-refractivity contribution in [1.29, 1.82) is 0 Å². The molecule has 1 unspecified atom stereocenters. The van der Waals surface area contributed by atoms with Crippen LogP contribution in [0, 0.1) is 13.8 Å². The van der Waals surface area contributed by atoms with E-state index in [2.05, 4.69) is 4.98 Å². The van der Waals surface area contributed by atoms with Gasteiger partial charge in [0.2, 0.25) is 5.78 Å². The number of ketones is 1. The first-order chi connectivity index (χ1) is 11.3. The number of nitrogens with one attached hydrogen (secondary N) is 2. The van der Waals surface area contributed by atoms with Crippen molar-refractivity contribution in [2.75, 3.05) is 20.7 Å². The Morgan fingerprint density at radius 3 is 2.54 bits per heavy atom.